The van der Waals surface area contributed by atoms with Crippen molar-refractivity contribution < 1.29 is 9.84 Å². The van der Waals surface area contributed by atoms with Crippen molar-refractivity contribution in [3.8, 4) is 0 Å². The number of hydrogen-bond donors (Lipinski definition) is 2. The topological polar surface area (TPSA) is 75.4 Å². The van der Waals surface area contributed by atoms with Crippen LogP contribution in [0, 0.1) is 0 Å². The number of β-amino-alcohol motifs (C(OH)–C–C–N with tert-alkyl or cyclic N) is 1. The van der Waals surface area contributed by atoms with Crippen molar-refractivity contribution in [2.75, 3.05) is 26.2 Å². The van der Waals surface area contributed by atoms with Gasteiger partial charge in [0.05, 0.1) is 24.9 Å². The van der Waals surface area contributed by atoms with E-state index in [2.05, 4.69) is 34.1 Å². The van der Waals surface area contributed by atoms with Crippen LogP contribution in [-0.2, 0) is 17.7 Å². The maximum Gasteiger partial charge on any atom is 0.138 e. The smallest absolute Gasteiger partial charge is 0.138 e. The number of nitrogens with zero attached hydrogens (tertiary/aromatic N) is 4. The van der Waals surface area contributed by atoms with Crippen LogP contribution in [0.5, 0.6) is 0 Å². The fourth-order valence-corrected chi connectivity index (χ4v) is 3.50. The molecule has 2 aliphatic heterocycles. The summed E-state index contributed by atoms with van der Waals surface area (Å²) in [5, 5.41) is 18.0. The number of nitrogens with one attached hydrogen (secondary N) is 1. The third-order valence-electron chi connectivity index (χ3n) is 4.41. The first-order valence-corrected chi connectivity index (χ1v) is 8.26. The lowest BCUT2D eigenvalue weighted by molar-refractivity contribution is -0.0763. The molecule has 124 valence electrons. The van der Waals surface area contributed by atoms with Crippen molar-refractivity contribution in [1.82, 2.24) is 25.0 Å². The van der Waals surface area contributed by atoms with Gasteiger partial charge in [0.25, 0.3) is 0 Å². The molecule has 0 amide bonds. The van der Waals surface area contributed by atoms with Gasteiger partial charge in [0.15, 0.2) is 0 Å². The SMILES string of the molecule is C[C@@H]1CN(C[C@H](O)CN[C@@H]2CCc3ncnn3C2)C[C@@H](C)O1. The lowest BCUT2D eigenvalue weighted by atomic mass is 10.1. The van der Waals surface area contributed by atoms with Crippen LogP contribution in [-0.4, -0.2) is 75.3 Å². The highest BCUT2D eigenvalue weighted by molar-refractivity contribution is 4.92. The van der Waals surface area contributed by atoms with Gasteiger partial charge >= 0.3 is 0 Å². The number of aliphatic hydroxyl groups excluding tert-OH is 1. The van der Waals surface area contributed by atoms with Gasteiger partial charge in [-0.2, -0.15) is 5.10 Å². The van der Waals surface area contributed by atoms with Gasteiger partial charge < -0.3 is 15.2 Å². The Balaban J connectivity index is 1.40. The summed E-state index contributed by atoms with van der Waals surface area (Å²) in [6.07, 6.45) is 3.76. The molecule has 3 heterocycles. The first kappa shape index (κ1) is 15.9. The van der Waals surface area contributed by atoms with Crippen molar-refractivity contribution in [2.45, 2.75) is 57.6 Å². The minimum atomic E-state index is -0.352. The molecule has 0 radical (unpaired) electrons. The number of fused-ring (bicyclic) bond motifs is 1. The number of ether oxygens (including phenoxy) is 1. The van der Waals surface area contributed by atoms with E-state index >= 15 is 0 Å². The largest absolute Gasteiger partial charge is 0.390 e. The van der Waals surface area contributed by atoms with E-state index in [1.807, 2.05) is 4.68 Å². The predicted molar refractivity (Wildman–Crippen MR) is 82.6 cm³/mol. The average molecular weight is 309 g/mol. The molecule has 0 spiro atoms. The van der Waals surface area contributed by atoms with E-state index in [4.69, 9.17) is 4.74 Å². The lowest BCUT2D eigenvalue weighted by Gasteiger charge is -2.36. The van der Waals surface area contributed by atoms with Crippen LogP contribution in [0.3, 0.4) is 0 Å². The van der Waals surface area contributed by atoms with Crippen molar-refractivity contribution in [1.29, 1.82) is 0 Å². The van der Waals surface area contributed by atoms with Crippen molar-refractivity contribution in [2.24, 2.45) is 0 Å². The monoisotopic (exact) mass is 309 g/mol. The minimum absolute atomic E-state index is 0.244. The summed E-state index contributed by atoms with van der Waals surface area (Å²) in [7, 11) is 0. The zero-order chi connectivity index (χ0) is 15.5. The van der Waals surface area contributed by atoms with Crippen LogP contribution < -0.4 is 5.32 Å². The second-order valence-electron chi connectivity index (χ2n) is 6.63. The summed E-state index contributed by atoms with van der Waals surface area (Å²) in [5.74, 6) is 1.06. The maximum atomic E-state index is 10.3. The fourth-order valence-electron chi connectivity index (χ4n) is 3.50. The average Bonchev–Trinajstić information content (AvgIpc) is 2.91. The van der Waals surface area contributed by atoms with Crippen molar-refractivity contribution in [3.05, 3.63) is 12.2 Å². The Hall–Kier alpha value is -1.02. The second kappa shape index (κ2) is 7.04. The molecule has 2 N–H and O–H groups in total. The van der Waals surface area contributed by atoms with Gasteiger partial charge in [0.1, 0.15) is 12.2 Å². The molecule has 1 saturated heterocycles. The second-order valence-corrected chi connectivity index (χ2v) is 6.63. The molecule has 0 aromatic carbocycles. The van der Waals surface area contributed by atoms with Crippen LogP contribution in [0.2, 0.25) is 0 Å². The van der Waals surface area contributed by atoms with E-state index < -0.39 is 0 Å². The molecule has 0 aliphatic carbocycles. The molecule has 7 heteroatoms. The van der Waals surface area contributed by atoms with Gasteiger partial charge in [0, 0.05) is 38.6 Å². The highest BCUT2D eigenvalue weighted by atomic mass is 16.5. The maximum absolute atomic E-state index is 10.3. The van der Waals surface area contributed by atoms with Crippen molar-refractivity contribution in [3.63, 3.8) is 0 Å². The molecule has 7 nitrogen and oxygen atoms in total. The summed E-state index contributed by atoms with van der Waals surface area (Å²) < 4.78 is 7.68. The van der Waals surface area contributed by atoms with E-state index in [0.717, 1.165) is 38.3 Å². The Morgan fingerprint density at radius 1 is 1.36 bits per heavy atom. The van der Waals surface area contributed by atoms with Gasteiger partial charge in [0.2, 0.25) is 0 Å². The van der Waals surface area contributed by atoms with Crippen LogP contribution >= 0.6 is 0 Å². The summed E-state index contributed by atoms with van der Waals surface area (Å²) >= 11 is 0. The number of aliphatic hydroxyl groups is 1. The molecule has 2 aliphatic rings. The Kier molecular flexibility index (Phi) is 5.07. The summed E-state index contributed by atoms with van der Waals surface area (Å²) in [6.45, 7) is 8.13. The zero-order valence-electron chi connectivity index (χ0n) is 13.5. The fraction of sp³-hybridized carbons (Fsp3) is 0.867. The third kappa shape index (κ3) is 4.04. The van der Waals surface area contributed by atoms with E-state index in [-0.39, 0.29) is 18.3 Å². The van der Waals surface area contributed by atoms with E-state index in [9.17, 15) is 5.11 Å². The molecular weight excluding hydrogens is 282 g/mol. The van der Waals surface area contributed by atoms with Gasteiger partial charge in [-0.1, -0.05) is 0 Å². The Bertz CT molecular complexity index is 470. The minimum Gasteiger partial charge on any atom is -0.390 e. The number of morpholine rings is 1. The van der Waals surface area contributed by atoms with E-state index in [0.29, 0.717) is 19.1 Å². The molecule has 0 saturated carbocycles. The number of rotatable bonds is 5. The Labute approximate surface area is 131 Å². The van der Waals surface area contributed by atoms with Crippen molar-refractivity contribution >= 4 is 0 Å². The summed E-state index contributed by atoms with van der Waals surface area (Å²) in [5.41, 5.74) is 0. The molecule has 4 atom stereocenters. The van der Waals surface area contributed by atoms with Gasteiger partial charge in [-0.05, 0) is 20.3 Å². The molecule has 1 aromatic rings. The predicted octanol–water partition coefficient (Wildman–Crippen LogP) is -0.347. The van der Waals surface area contributed by atoms with Crippen LogP contribution in [0.15, 0.2) is 6.33 Å². The molecule has 1 aromatic heterocycles. The lowest BCUT2D eigenvalue weighted by Crippen LogP contribution is -2.50. The van der Waals surface area contributed by atoms with Gasteiger partial charge in [-0.3, -0.25) is 4.90 Å². The van der Waals surface area contributed by atoms with Crippen LogP contribution in [0.4, 0.5) is 0 Å². The highest BCUT2D eigenvalue weighted by Crippen LogP contribution is 2.12. The third-order valence-corrected chi connectivity index (χ3v) is 4.41. The standard InChI is InChI=1S/C15H27N5O2/c1-11-6-19(7-12(2)22-11)9-14(21)5-16-13-3-4-15-17-10-18-20(15)8-13/h10-14,16,21H,3-9H2,1-2H3/t11-,12-,13-,14-/m1/s1. The molecule has 0 unspecified atom stereocenters. The van der Waals surface area contributed by atoms with Crippen LogP contribution in [0.25, 0.3) is 0 Å². The Morgan fingerprint density at radius 3 is 2.91 bits per heavy atom. The van der Waals surface area contributed by atoms with Gasteiger partial charge in [-0.25, -0.2) is 9.67 Å². The Morgan fingerprint density at radius 2 is 2.14 bits per heavy atom. The molecule has 1 fully saturated rings. The molecular formula is C15H27N5O2. The van der Waals surface area contributed by atoms with E-state index in [1.54, 1.807) is 6.33 Å². The molecule has 0 bridgehead atoms. The zero-order valence-corrected chi connectivity index (χ0v) is 13.5. The van der Waals surface area contributed by atoms with Crippen LogP contribution in [0.1, 0.15) is 26.1 Å². The number of aryl methyl sites for hydroxylation is 1. The number of aromatic nitrogens is 3. The first-order chi connectivity index (χ1) is 10.6. The number of hydrogen-bond acceptors (Lipinski definition) is 6. The quantitative estimate of drug-likeness (QED) is 0.774. The molecule has 22 heavy (non-hydrogen) atoms. The van der Waals surface area contributed by atoms with E-state index in [1.165, 1.54) is 0 Å². The first-order valence-electron chi connectivity index (χ1n) is 8.26. The highest BCUT2D eigenvalue weighted by Gasteiger charge is 2.25. The normalized spacial score (nSPS) is 31.0. The summed E-state index contributed by atoms with van der Waals surface area (Å²) in [4.78, 5) is 6.53. The van der Waals surface area contributed by atoms with Gasteiger partial charge in [-0.15, -0.1) is 0 Å². The summed E-state index contributed by atoms with van der Waals surface area (Å²) in [6, 6.07) is 0.367. The molecule has 3 rings (SSSR count).